The Balaban J connectivity index is 0.000000186. The fourth-order valence-electron chi connectivity index (χ4n) is 5.16. The zero-order valence-electron chi connectivity index (χ0n) is 26.6. The molecule has 4 aromatic rings. The number of aromatic nitrogens is 4. The van der Waals surface area contributed by atoms with Crippen molar-refractivity contribution in [2.75, 3.05) is 19.3 Å². The van der Waals surface area contributed by atoms with E-state index in [1.165, 1.54) is 0 Å². The highest BCUT2D eigenvalue weighted by atomic mass is 35.5. The number of carbonyl (C=O) groups excluding carboxylic acids is 2. The van der Waals surface area contributed by atoms with Crippen LogP contribution in [0.4, 0.5) is 0 Å². The molecule has 4 atom stereocenters. The lowest BCUT2D eigenvalue weighted by Gasteiger charge is -2.11. The van der Waals surface area contributed by atoms with Crippen molar-refractivity contribution in [1.29, 1.82) is 0 Å². The summed E-state index contributed by atoms with van der Waals surface area (Å²) >= 11 is 12.3. The van der Waals surface area contributed by atoms with Crippen LogP contribution in [0.3, 0.4) is 0 Å². The summed E-state index contributed by atoms with van der Waals surface area (Å²) in [6.07, 6.45) is 1.84. The van der Waals surface area contributed by atoms with Gasteiger partial charge < -0.3 is 24.7 Å². The molecule has 0 spiro atoms. The quantitative estimate of drug-likeness (QED) is 0.277. The largest absolute Gasteiger partial charge is 0.748 e. The van der Waals surface area contributed by atoms with E-state index in [0.717, 1.165) is 46.3 Å². The van der Waals surface area contributed by atoms with Gasteiger partial charge in [0.25, 0.3) is 11.8 Å². The van der Waals surface area contributed by atoms with Gasteiger partial charge >= 0.3 is 0 Å². The molecule has 2 aromatic heterocycles. The van der Waals surface area contributed by atoms with Gasteiger partial charge in [-0.1, -0.05) is 35.3 Å². The van der Waals surface area contributed by atoms with Crippen molar-refractivity contribution in [3.05, 3.63) is 57.8 Å². The minimum Gasteiger partial charge on any atom is -0.748 e. The number of carbonyl (C=O) groups is 2. The van der Waals surface area contributed by atoms with Gasteiger partial charge in [0.05, 0.1) is 32.2 Å². The fraction of sp³-hybridized carbons (Fsp3) is 0.419. The predicted octanol–water partition coefficient (Wildman–Crippen LogP) is 1.69. The van der Waals surface area contributed by atoms with Crippen molar-refractivity contribution in [1.82, 2.24) is 19.9 Å². The standard InChI is InChI=1S/2C15H16ClN3O2.CH4O3S/c2*1-8-3-4-11-13(5-8)19-15(14(16)18-11)21-10-6-12(9(2)20)17-7-10;1-5(2,3)4/h2*3-5,10,12,17H,6-7H2,1-2H3;1H3,(H,2,3,4)/p+1/t2*10-,12+;/m11./s1. The van der Waals surface area contributed by atoms with Gasteiger partial charge in [0.1, 0.15) is 25.2 Å². The van der Waals surface area contributed by atoms with Crippen molar-refractivity contribution in [2.45, 2.75) is 64.8 Å². The van der Waals surface area contributed by atoms with Crippen LogP contribution in [0.2, 0.25) is 10.3 Å². The number of nitrogens with two attached hydrogens (primary N) is 2. The van der Waals surface area contributed by atoms with Gasteiger partial charge in [-0.2, -0.15) is 0 Å². The first-order valence-corrected chi connectivity index (χ1v) is 17.4. The molecule has 0 amide bonds. The number of ether oxygens (including phenoxy) is 2. The molecule has 2 aliphatic heterocycles. The Kier molecular flexibility index (Phi) is 12.0. The number of benzene rings is 2. The van der Waals surface area contributed by atoms with Crippen molar-refractivity contribution >= 4 is 67.0 Å². The average molecular weight is 709 g/mol. The molecule has 0 unspecified atom stereocenters. The van der Waals surface area contributed by atoms with E-state index in [1.54, 1.807) is 13.8 Å². The number of ketones is 2. The second-order valence-corrected chi connectivity index (χ2v) is 13.8. The van der Waals surface area contributed by atoms with Crippen molar-refractivity contribution in [2.24, 2.45) is 0 Å². The summed E-state index contributed by atoms with van der Waals surface area (Å²) in [5, 5.41) is 4.52. The van der Waals surface area contributed by atoms with E-state index in [9.17, 15) is 9.59 Å². The number of rotatable bonds is 6. The molecule has 2 saturated heterocycles. The second-order valence-electron chi connectivity index (χ2n) is 11.7. The molecule has 2 aliphatic rings. The van der Waals surface area contributed by atoms with Crippen molar-refractivity contribution < 1.29 is 42.7 Å². The van der Waals surface area contributed by atoms with E-state index < -0.39 is 10.1 Å². The van der Waals surface area contributed by atoms with Crippen LogP contribution in [0, 0.1) is 13.8 Å². The molecule has 16 heteroatoms. The zero-order valence-corrected chi connectivity index (χ0v) is 28.9. The molecule has 13 nitrogen and oxygen atoms in total. The Bertz CT molecular complexity index is 1770. The fourth-order valence-corrected chi connectivity index (χ4v) is 5.51. The third-order valence-corrected chi connectivity index (χ3v) is 7.99. The Labute approximate surface area is 282 Å². The first-order chi connectivity index (χ1) is 22.0. The van der Waals surface area contributed by atoms with Gasteiger partial charge in [0, 0.05) is 32.9 Å². The second kappa shape index (κ2) is 15.6. The minimum absolute atomic E-state index is 0.0237. The third-order valence-electron chi connectivity index (χ3n) is 7.50. The summed E-state index contributed by atoms with van der Waals surface area (Å²) in [5.41, 5.74) is 5.24. The van der Waals surface area contributed by atoms with Crippen LogP contribution >= 0.6 is 23.2 Å². The number of hydrogen-bond acceptors (Lipinski definition) is 11. The van der Waals surface area contributed by atoms with E-state index >= 15 is 0 Å². The van der Waals surface area contributed by atoms with E-state index in [-0.39, 0.29) is 46.2 Å². The normalized spacial score (nSPS) is 20.6. The minimum atomic E-state index is -3.92. The van der Waals surface area contributed by atoms with Crippen LogP contribution in [-0.2, 0) is 19.7 Å². The maximum atomic E-state index is 11.4. The highest BCUT2D eigenvalue weighted by Gasteiger charge is 2.34. The lowest BCUT2D eigenvalue weighted by Crippen LogP contribution is -2.88. The molecular formula is C31H37Cl2N6O7S+. The SMILES string of the molecule is CC(=O)[C@@H]1C[C@@H](Oc2nc3cc(C)ccc3nc2Cl)C[NH2+]1.CC(=O)[C@@H]1C[C@@H](Oc2nc3cc(C)ccc3nc2Cl)C[NH2+]1.CS(=O)(=O)[O-]. The van der Waals surface area contributed by atoms with Crippen LogP contribution in [0.5, 0.6) is 11.8 Å². The topological polar surface area (TPSA) is 195 Å². The molecule has 2 aromatic carbocycles. The Morgan fingerprint density at radius 2 is 1.11 bits per heavy atom. The third kappa shape index (κ3) is 10.7. The number of halogens is 2. The molecule has 0 bridgehead atoms. The van der Waals surface area contributed by atoms with Crippen LogP contribution in [0.25, 0.3) is 22.1 Å². The summed E-state index contributed by atoms with van der Waals surface area (Å²) in [5.74, 6) is 1.04. The number of nitrogens with zero attached hydrogens (tertiary/aromatic N) is 4. The van der Waals surface area contributed by atoms with Gasteiger partial charge in [-0.3, -0.25) is 9.59 Å². The van der Waals surface area contributed by atoms with E-state index in [4.69, 9.17) is 45.6 Å². The van der Waals surface area contributed by atoms with E-state index in [1.807, 2.05) is 60.9 Å². The summed E-state index contributed by atoms with van der Waals surface area (Å²) in [6.45, 7) is 8.67. The Morgan fingerprint density at radius 3 is 1.43 bits per heavy atom. The highest BCUT2D eigenvalue weighted by molar-refractivity contribution is 7.84. The highest BCUT2D eigenvalue weighted by Crippen LogP contribution is 2.27. The number of hydrogen-bond donors (Lipinski definition) is 2. The molecule has 4 N–H and O–H groups in total. The van der Waals surface area contributed by atoms with Gasteiger partial charge in [-0.15, -0.1) is 0 Å². The van der Waals surface area contributed by atoms with E-state index in [2.05, 4.69) is 19.9 Å². The summed E-state index contributed by atoms with van der Waals surface area (Å²) < 4.78 is 38.9. The molecule has 252 valence electrons. The first kappa shape index (κ1) is 36.3. The summed E-state index contributed by atoms with van der Waals surface area (Å²) in [4.78, 5) is 40.3. The molecule has 2 fully saturated rings. The van der Waals surface area contributed by atoms with Crippen LogP contribution in [-0.4, -0.2) is 88.1 Å². The maximum absolute atomic E-state index is 11.4. The molecule has 0 radical (unpaired) electrons. The van der Waals surface area contributed by atoms with Gasteiger partial charge in [-0.05, 0) is 49.2 Å². The number of quaternary nitrogens is 2. The average Bonchev–Trinajstić information content (AvgIpc) is 3.64. The van der Waals surface area contributed by atoms with Crippen molar-refractivity contribution in [3.63, 3.8) is 0 Å². The Morgan fingerprint density at radius 1 is 0.745 bits per heavy atom. The van der Waals surface area contributed by atoms with Crippen LogP contribution in [0.1, 0.15) is 37.8 Å². The molecule has 0 saturated carbocycles. The predicted molar refractivity (Wildman–Crippen MR) is 175 cm³/mol. The summed E-state index contributed by atoms with van der Waals surface area (Å²) in [7, 11) is -3.92. The first-order valence-electron chi connectivity index (χ1n) is 14.8. The van der Waals surface area contributed by atoms with Crippen LogP contribution < -0.4 is 20.1 Å². The summed E-state index contributed by atoms with van der Waals surface area (Å²) in [6, 6.07) is 11.6. The van der Waals surface area contributed by atoms with Gasteiger partial charge in [0.2, 0.25) is 0 Å². The van der Waals surface area contributed by atoms with Crippen LogP contribution in [0.15, 0.2) is 36.4 Å². The number of aryl methyl sites for hydroxylation is 2. The smallest absolute Gasteiger partial charge is 0.253 e. The number of fused-ring (bicyclic) bond motifs is 2. The molecule has 6 rings (SSSR count). The monoisotopic (exact) mass is 707 g/mol. The Hall–Kier alpha value is -3.53. The number of Topliss-reactive ketones (excluding diaryl/α,β-unsaturated/α-hetero) is 2. The lowest BCUT2D eigenvalue weighted by atomic mass is 10.1. The molecular weight excluding hydrogens is 671 g/mol. The van der Waals surface area contributed by atoms with Gasteiger partial charge in [-0.25, -0.2) is 28.4 Å². The molecule has 4 heterocycles. The maximum Gasteiger partial charge on any atom is 0.253 e. The zero-order chi connectivity index (χ0) is 34.5. The molecule has 47 heavy (non-hydrogen) atoms. The van der Waals surface area contributed by atoms with E-state index in [0.29, 0.717) is 30.9 Å². The molecule has 0 aliphatic carbocycles. The van der Waals surface area contributed by atoms with Gasteiger partial charge in [0.15, 0.2) is 34.1 Å². The van der Waals surface area contributed by atoms with Crippen molar-refractivity contribution in [3.8, 4) is 11.8 Å². The lowest BCUT2D eigenvalue weighted by molar-refractivity contribution is -0.659.